The highest BCUT2D eigenvalue weighted by Gasteiger charge is 2.29. The zero-order valence-corrected chi connectivity index (χ0v) is 11.4. The van der Waals surface area contributed by atoms with Crippen molar-refractivity contribution in [3.63, 3.8) is 0 Å². The van der Waals surface area contributed by atoms with E-state index in [-0.39, 0.29) is 5.60 Å². The van der Waals surface area contributed by atoms with Crippen LogP contribution in [0.4, 0.5) is 5.69 Å². The largest absolute Gasteiger partial charge is 0.487 e. The van der Waals surface area contributed by atoms with Gasteiger partial charge in [0.15, 0.2) is 0 Å². The molecule has 19 heavy (non-hydrogen) atoms. The highest BCUT2D eigenvalue weighted by Crippen LogP contribution is 2.35. The fourth-order valence-electron chi connectivity index (χ4n) is 2.53. The van der Waals surface area contributed by atoms with Crippen molar-refractivity contribution in [3.05, 3.63) is 59.7 Å². The summed E-state index contributed by atoms with van der Waals surface area (Å²) < 4.78 is 5.89. The van der Waals surface area contributed by atoms with Gasteiger partial charge in [-0.25, -0.2) is 0 Å². The number of hydrogen-bond acceptors (Lipinski definition) is 2. The molecule has 1 aliphatic heterocycles. The van der Waals surface area contributed by atoms with Crippen LogP contribution in [0.15, 0.2) is 48.5 Å². The average Bonchev–Trinajstić information content (AvgIpc) is 2.70. The lowest BCUT2D eigenvalue weighted by Crippen LogP contribution is -2.24. The SMILES string of the molecule is CC1(C)Cc2cc(CNc3ccccc3)ccc2O1. The van der Waals surface area contributed by atoms with Gasteiger partial charge in [0, 0.05) is 18.7 Å². The van der Waals surface area contributed by atoms with Crippen molar-refractivity contribution < 1.29 is 4.74 Å². The maximum Gasteiger partial charge on any atom is 0.123 e. The van der Waals surface area contributed by atoms with Crippen LogP contribution in [0, 0.1) is 0 Å². The monoisotopic (exact) mass is 253 g/mol. The van der Waals surface area contributed by atoms with Crippen LogP contribution in [-0.4, -0.2) is 5.60 Å². The molecule has 2 heteroatoms. The number of ether oxygens (including phenoxy) is 1. The Kier molecular flexibility index (Phi) is 2.94. The Morgan fingerprint density at radius 2 is 1.89 bits per heavy atom. The molecule has 1 N–H and O–H groups in total. The van der Waals surface area contributed by atoms with Gasteiger partial charge in [0.1, 0.15) is 11.4 Å². The van der Waals surface area contributed by atoms with E-state index in [0.29, 0.717) is 0 Å². The van der Waals surface area contributed by atoms with Crippen LogP contribution < -0.4 is 10.1 Å². The summed E-state index contributed by atoms with van der Waals surface area (Å²) >= 11 is 0. The topological polar surface area (TPSA) is 21.3 Å². The second-order valence-corrected chi connectivity index (χ2v) is 5.70. The first-order chi connectivity index (χ1) is 9.12. The maximum atomic E-state index is 5.89. The van der Waals surface area contributed by atoms with Crippen molar-refractivity contribution in [2.75, 3.05) is 5.32 Å². The van der Waals surface area contributed by atoms with Gasteiger partial charge in [0.25, 0.3) is 0 Å². The normalized spacial score (nSPS) is 15.7. The third kappa shape index (κ3) is 2.73. The van der Waals surface area contributed by atoms with Crippen LogP contribution in [-0.2, 0) is 13.0 Å². The summed E-state index contributed by atoms with van der Waals surface area (Å²) in [5.74, 6) is 1.04. The van der Waals surface area contributed by atoms with Crippen molar-refractivity contribution in [2.45, 2.75) is 32.4 Å². The summed E-state index contributed by atoms with van der Waals surface area (Å²) in [6.07, 6.45) is 0.988. The number of rotatable bonds is 3. The van der Waals surface area contributed by atoms with Crippen LogP contribution in [0.3, 0.4) is 0 Å². The van der Waals surface area contributed by atoms with Gasteiger partial charge in [-0.05, 0) is 43.2 Å². The molecule has 1 heterocycles. The molecule has 0 fully saturated rings. The number of fused-ring (bicyclic) bond motifs is 1. The standard InChI is InChI=1S/C17H19NO/c1-17(2)11-14-10-13(8-9-16(14)19-17)12-18-15-6-4-3-5-7-15/h3-10,18H,11-12H2,1-2H3. The molecule has 2 aromatic carbocycles. The highest BCUT2D eigenvalue weighted by molar-refractivity contribution is 5.45. The Labute approximate surface area is 114 Å². The van der Waals surface area contributed by atoms with Crippen molar-refractivity contribution >= 4 is 5.69 Å². The third-order valence-corrected chi connectivity index (χ3v) is 3.40. The number of nitrogens with one attached hydrogen (secondary N) is 1. The first kappa shape index (κ1) is 12.1. The summed E-state index contributed by atoms with van der Waals surface area (Å²) in [6, 6.07) is 16.8. The summed E-state index contributed by atoms with van der Waals surface area (Å²) in [5.41, 5.74) is 3.70. The van der Waals surface area contributed by atoms with Gasteiger partial charge in [-0.2, -0.15) is 0 Å². The van der Waals surface area contributed by atoms with E-state index in [0.717, 1.165) is 24.4 Å². The van der Waals surface area contributed by atoms with Gasteiger partial charge in [-0.1, -0.05) is 30.3 Å². The second-order valence-electron chi connectivity index (χ2n) is 5.70. The Balaban J connectivity index is 1.71. The van der Waals surface area contributed by atoms with Gasteiger partial charge < -0.3 is 10.1 Å². The van der Waals surface area contributed by atoms with Crippen molar-refractivity contribution in [2.24, 2.45) is 0 Å². The van der Waals surface area contributed by atoms with Crippen LogP contribution in [0.1, 0.15) is 25.0 Å². The summed E-state index contributed by atoms with van der Waals surface area (Å²) in [5, 5.41) is 3.43. The summed E-state index contributed by atoms with van der Waals surface area (Å²) in [7, 11) is 0. The van der Waals surface area contributed by atoms with E-state index in [4.69, 9.17) is 4.74 Å². The zero-order valence-electron chi connectivity index (χ0n) is 11.4. The predicted octanol–water partition coefficient (Wildman–Crippen LogP) is 4.01. The number of hydrogen-bond donors (Lipinski definition) is 1. The smallest absolute Gasteiger partial charge is 0.123 e. The Morgan fingerprint density at radius 1 is 1.11 bits per heavy atom. The average molecular weight is 253 g/mol. The fourth-order valence-corrected chi connectivity index (χ4v) is 2.53. The number of para-hydroxylation sites is 1. The van der Waals surface area contributed by atoms with Crippen LogP contribution in [0.5, 0.6) is 5.75 Å². The van der Waals surface area contributed by atoms with Crippen molar-refractivity contribution in [1.82, 2.24) is 0 Å². The van der Waals surface area contributed by atoms with E-state index in [1.165, 1.54) is 11.1 Å². The van der Waals surface area contributed by atoms with E-state index in [9.17, 15) is 0 Å². The molecule has 98 valence electrons. The minimum atomic E-state index is -0.0617. The van der Waals surface area contributed by atoms with Gasteiger partial charge in [-0.15, -0.1) is 0 Å². The van der Waals surface area contributed by atoms with Gasteiger partial charge in [0.2, 0.25) is 0 Å². The molecule has 0 bridgehead atoms. The number of anilines is 1. The molecule has 0 aromatic heterocycles. The molecule has 0 saturated heterocycles. The molecule has 2 aromatic rings. The van der Waals surface area contributed by atoms with Gasteiger partial charge >= 0.3 is 0 Å². The lowest BCUT2D eigenvalue weighted by molar-refractivity contribution is 0.138. The molecular weight excluding hydrogens is 234 g/mol. The van der Waals surface area contributed by atoms with Gasteiger partial charge in [0.05, 0.1) is 0 Å². The van der Waals surface area contributed by atoms with Crippen molar-refractivity contribution in [1.29, 1.82) is 0 Å². The molecule has 0 amide bonds. The minimum Gasteiger partial charge on any atom is -0.487 e. The maximum absolute atomic E-state index is 5.89. The third-order valence-electron chi connectivity index (χ3n) is 3.40. The highest BCUT2D eigenvalue weighted by atomic mass is 16.5. The summed E-state index contributed by atoms with van der Waals surface area (Å²) in [6.45, 7) is 5.11. The Morgan fingerprint density at radius 3 is 2.68 bits per heavy atom. The zero-order chi connectivity index (χ0) is 13.3. The molecular formula is C17H19NO. The molecule has 3 rings (SSSR count). The molecule has 0 radical (unpaired) electrons. The molecule has 1 aliphatic rings. The predicted molar refractivity (Wildman–Crippen MR) is 78.6 cm³/mol. The van der Waals surface area contributed by atoms with Crippen LogP contribution >= 0.6 is 0 Å². The quantitative estimate of drug-likeness (QED) is 0.892. The molecule has 0 unspecified atom stereocenters. The van der Waals surface area contributed by atoms with Crippen LogP contribution in [0.25, 0.3) is 0 Å². The van der Waals surface area contributed by atoms with Crippen molar-refractivity contribution in [3.8, 4) is 5.75 Å². The first-order valence-corrected chi connectivity index (χ1v) is 6.72. The number of benzene rings is 2. The van der Waals surface area contributed by atoms with E-state index < -0.39 is 0 Å². The van der Waals surface area contributed by atoms with E-state index in [2.05, 4.69) is 49.5 Å². The molecule has 0 atom stereocenters. The second kappa shape index (κ2) is 4.61. The Bertz CT molecular complexity index is 575. The summed E-state index contributed by atoms with van der Waals surface area (Å²) in [4.78, 5) is 0. The van der Waals surface area contributed by atoms with E-state index >= 15 is 0 Å². The molecule has 2 nitrogen and oxygen atoms in total. The van der Waals surface area contributed by atoms with E-state index in [1.807, 2.05) is 18.2 Å². The van der Waals surface area contributed by atoms with E-state index in [1.54, 1.807) is 0 Å². The van der Waals surface area contributed by atoms with Crippen LogP contribution in [0.2, 0.25) is 0 Å². The Hall–Kier alpha value is -1.96. The lowest BCUT2D eigenvalue weighted by atomic mass is 10.0. The minimum absolute atomic E-state index is 0.0617. The molecule has 0 aliphatic carbocycles. The lowest BCUT2D eigenvalue weighted by Gasteiger charge is -2.16. The molecule has 0 saturated carbocycles. The fraction of sp³-hybridized carbons (Fsp3) is 0.294. The van der Waals surface area contributed by atoms with Gasteiger partial charge in [-0.3, -0.25) is 0 Å². The first-order valence-electron chi connectivity index (χ1n) is 6.72. The molecule has 0 spiro atoms.